The van der Waals surface area contributed by atoms with Crippen molar-refractivity contribution in [1.82, 2.24) is 19.8 Å². The number of ether oxygens (including phenoxy) is 1. The van der Waals surface area contributed by atoms with Crippen LogP contribution in [0, 0.1) is 13.8 Å². The number of para-hydroxylation sites is 2. The van der Waals surface area contributed by atoms with Crippen molar-refractivity contribution in [1.29, 1.82) is 0 Å². The highest BCUT2D eigenvalue weighted by molar-refractivity contribution is 5.80. The van der Waals surface area contributed by atoms with Crippen LogP contribution in [0.1, 0.15) is 62.0 Å². The van der Waals surface area contributed by atoms with Crippen LogP contribution in [0.5, 0.6) is 5.75 Å². The number of fused-ring (bicyclic) bond motifs is 1. The maximum atomic E-state index is 12.9. The lowest BCUT2D eigenvalue weighted by molar-refractivity contribution is -0.131. The zero-order valence-corrected chi connectivity index (χ0v) is 21.0. The van der Waals surface area contributed by atoms with Crippen molar-refractivity contribution >= 4 is 22.8 Å². The molecule has 0 aliphatic carbocycles. The molecular weight excluding hydrogens is 440 g/mol. The van der Waals surface area contributed by atoms with Gasteiger partial charge in [-0.3, -0.25) is 9.59 Å². The number of hydrogen-bond donors (Lipinski definition) is 1. The molecule has 1 aromatic heterocycles. The first kappa shape index (κ1) is 24.8. The topological polar surface area (TPSA) is 76.5 Å². The molecule has 1 N–H and O–H groups in total. The molecular formula is C28H36N4O3. The van der Waals surface area contributed by atoms with Crippen LogP contribution < -0.4 is 10.1 Å². The van der Waals surface area contributed by atoms with E-state index in [0.29, 0.717) is 18.7 Å². The summed E-state index contributed by atoms with van der Waals surface area (Å²) in [4.78, 5) is 32.4. The van der Waals surface area contributed by atoms with E-state index in [-0.39, 0.29) is 24.5 Å². The highest BCUT2D eigenvalue weighted by Crippen LogP contribution is 2.23. The minimum Gasteiger partial charge on any atom is -0.483 e. The van der Waals surface area contributed by atoms with Gasteiger partial charge in [0.15, 0.2) is 6.61 Å². The lowest BCUT2D eigenvalue weighted by Gasteiger charge is -2.21. The van der Waals surface area contributed by atoms with Crippen molar-refractivity contribution in [3.05, 3.63) is 59.4 Å². The van der Waals surface area contributed by atoms with Crippen molar-refractivity contribution in [3.8, 4) is 5.75 Å². The number of hydrogen-bond acceptors (Lipinski definition) is 4. The number of benzene rings is 2. The summed E-state index contributed by atoms with van der Waals surface area (Å²) in [6, 6.07) is 13.5. The summed E-state index contributed by atoms with van der Waals surface area (Å²) in [5, 5.41) is 3.02. The van der Waals surface area contributed by atoms with Crippen LogP contribution in [0.25, 0.3) is 11.0 Å². The van der Waals surface area contributed by atoms with Crippen molar-refractivity contribution in [2.24, 2.45) is 0 Å². The van der Waals surface area contributed by atoms with E-state index in [2.05, 4.69) is 9.88 Å². The van der Waals surface area contributed by atoms with Gasteiger partial charge in [-0.1, -0.05) is 37.1 Å². The maximum absolute atomic E-state index is 12.9. The van der Waals surface area contributed by atoms with E-state index < -0.39 is 0 Å². The van der Waals surface area contributed by atoms with Crippen LogP contribution in [0.15, 0.2) is 42.5 Å². The molecule has 0 spiro atoms. The molecule has 0 bridgehead atoms. The quantitative estimate of drug-likeness (QED) is 0.511. The fourth-order valence-corrected chi connectivity index (χ4v) is 4.70. The number of likely N-dealkylation sites (tertiary alicyclic amines) is 1. The lowest BCUT2D eigenvalue weighted by atomic mass is 10.1. The lowest BCUT2D eigenvalue weighted by Crippen LogP contribution is -2.34. The Kier molecular flexibility index (Phi) is 8.06. The molecule has 7 heteroatoms. The maximum Gasteiger partial charge on any atom is 0.258 e. The number of rotatable bonds is 8. The molecule has 186 valence electrons. The Labute approximate surface area is 207 Å². The van der Waals surface area contributed by atoms with E-state index >= 15 is 0 Å². The SMILES string of the molecule is Cc1ccc(C)c(OCC(=O)NC(C)c2nc3ccccc3n2CCC(=O)N2CCCCCC2)c1. The van der Waals surface area contributed by atoms with Gasteiger partial charge in [-0.2, -0.15) is 0 Å². The fraction of sp³-hybridized carbons (Fsp3) is 0.464. The average Bonchev–Trinajstić information content (AvgIpc) is 3.01. The van der Waals surface area contributed by atoms with Gasteiger partial charge in [0.05, 0.1) is 17.1 Å². The van der Waals surface area contributed by atoms with Gasteiger partial charge in [0, 0.05) is 26.1 Å². The summed E-state index contributed by atoms with van der Waals surface area (Å²) in [7, 11) is 0. The minimum absolute atomic E-state index is 0.0672. The second-order valence-electron chi connectivity index (χ2n) is 9.50. The second kappa shape index (κ2) is 11.4. The molecule has 1 aliphatic heterocycles. The zero-order valence-electron chi connectivity index (χ0n) is 21.0. The number of imidazole rings is 1. The Bertz CT molecular complexity index is 1180. The minimum atomic E-state index is -0.328. The molecule has 2 amide bonds. The molecule has 1 atom stereocenters. The number of carbonyl (C=O) groups is 2. The Hall–Kier alpha value is -3.35. The molecule has 2 heterocycles. The molecule has 2 aromatic carbocycles. The van der Waals surface area contributed by atoms with E-state index in [1.54, 1.807) is 0 Å². The highest BCUT2D eigenvalue weighted by Gasteiger charge is 2.21. The summed E-state index contributed by atoms with van der Waals surface area (Å²) < 4.78 is 7.84. The fourth-order valence-electron chi connectivity index (χ4n) is 4.70. The van der Waals surface area contributed by atoms with Crippen molar-refractivity contribution in [3.63, 3.8) is 0 Å². The number of carbonyl (C=O) groups excluding carboxylic acids is 2. The zero-order chi connectivity index (χ0) is 24.8. The second-order valence-corrected chi connectivity index (χ2v) is 9.50. The molecule has 1 unspecified atom stereocenters. The summed E-state index contributed by atoms with van der Waals surface area (Å²) >= 11 is 0. The third-order valence-electron chi connectivity index (χ3n) is 6.66. The van der Waals surface area contributed by atoms with Gasteiger partial charge < -0.3 is 19.5 Å². The number of aryl methyl sites for hydroxylation is 3. The highest BCUT2D eigenvalue weighted by atomic mass is 16.5. The molecule has 0 saturated carbocycles. The molecule has 1 aliphatic rings. The van der Waals surface area contributed by atoms with Crippen LogP contribution in [0.4, 0.5) is 0 Å². The van der Waals surface area contributed by atoms with Crippen LogP contribution in [-0.2, 0) is 16.1 Å². The summed E-state index contributed by atoms with van der Waals surface area (Å²) in [6.07, 6.45) is 4.98. The molecule has 3 aromatic rings. The van der Waals surface area contributed by atoms with Crippen molar-refractivity contribution in [2.45, 2.75) is 65.5 Å². The molecule has 1 saturated heterocycles. The van der Waals surface area contributed by atoms with Crippen LogP contribution in [0.2, 0.25) is 0 Å². The normalized spacial score (nSPS) is 15.0. The Morgan fingerprint density at radius 1 is 1.06 bits per heavy atom. The third kappa shape index (κ3) is 6.21. The van der Waals surface area contributed by atoms with Crippen molar-refractivity contribution in [2.75, 3.05) is 19.7 Å². The largest absolute Gasteiger partial charge is 0.483 e. The molecule has 1 fully saturated rings. The Balaban J connectivity index is 1.43. The molecule has 0 radical (unpaired) electrons. The summed E-state index contributed by atoms with van der Waals surface area (Å²) in [5.41, 5.74) is 3.91. The van der Waals surface area contributed by atoms with E-state index in [4.69, 9.17) is 9.72 Å². The number of amides is 2. The average molecular weight is 477 g/mol. The molecule has 4 rings (SSSR count). The van der Waals surface area contributed by atoms with Gasteiger partial charge in [-0.15, -0.1) is 0 Å². The van der Waals surface area contributed by atoms with E-state index in [0.717, 1.165) is 53.9 Å². The smallest absolute Gasteiger partial charge is 0.258 e. The monoisotopic (exact) mass is 476 g/mol. The first-order chi connectivity index (χ1) is 16.9. The molecule has 35 heavy (non-hydrogen) atoms. The van der Waals surface area contributed by atoms with E-state index in [1.165, 1.54) is 12.8 Å². The first-order valence-corrected chi connectivity index (χ1v) is 12.6. The molecule has 7 nitrogen and oxygen atoms in total. The van der Waals surface area contributed by atoms with Crippen molar-refractivity contribution < 1.29 is 14.3 Å². The standard InChI is InChI=1S/C28H36N4O3/c1-20-12-13-21(2)25(18-20)35-19-26(33)29-22(3)28-30-23-10-6-7-11-24(23)32(28)17-14-27(34)31-15-8-4-5-9-16-31/h6-7,10-13,18,22H,4-5,8-9,14-17,19H2,1-3H3,(H,29,33). The Morgan fingerprint density at radius 2 is 1.80 bits per heavy atom. The number of nitrogens with one attached hydrogen (secondary N) is 1. The summed E-state index contributed by atoms with van der Waals surface area (Å²) in [6.45, 7) is 8.05. The van der Waals surface area contributed by atoms with Gasteiger partial charge >= 0.3 is 0 Å². The van der Waals surface area contributed by atoms with Crippen LogP contribution in [-0.4, -0.2) is 46.0 Å². The Morgan fingerprint density at radius 3 is 2.57 bits per heavy atom. The van der Waals surface area contributed by atoms with Gasteiger partial charge in [-0.25, -0.2) is 4.98 Å². The van der Waals surface area contributed by atoms with Crippen LogP contribution >= 0.6 is 0 Å². The number of nitrogens with zero attached hydrogens (tertiary/aromatic N) is 3. The first-order valence-electron chi connectivity index (χ1n) is 12.6. The van der Waals surface area contributed by atoms with Gasteiger partial charge in [-0.05, 0) is 62.9 Å². The number of aromatic nitrogens is 2. The summed E-state index contributed by atoms with van der Waals surface area (Å²) in [5.74, 6) is 1.44. The van der Waals surface area contributed by atoms with E-state index in [1.807, 2.05) is 68.1 Å². The van der Waals surface area contributed by atoms with Gasteiger partial charge in [0.2, 0.25) is 5.91 Å². The van der Waals surface area contributed by atoms with Gasteiger partial charge in [0.25, 0.3) is 5.91 Å². The van der Waals surface area contributed by atoms with Gasteiger partial charge in [0.1, 0.15) is 11.6 Å². The predicted octanol–water partition coefficient (Wildman–Crippen LogP) is 4.70. The predicted molar refractivity (Wildman–Crippen MR) is 137 cm³/mol. The van der Waals surface area contributed by atoms with Crippen LogP contribution in [0.3, 0.4) is 0 Å². The third-order valence-corrected chi connectivity index (χ3v) is 6.66. The van der Waals surface area contributed by atoms with E-state index in [9.17, 15) is 9.59 Å².